The summed E-state index contributed by atoms with van der Waals surface area (Å²) in [5.41, 5.74) is 0.665. The van der Waals surface area contributed by atoms with E-state index in [0.717, 1.165) is 5.56 Å². The smallest absolute Gasteiger partial charge is 0.330 e. The molecule has 212 valence electrons. The number of ketones is 1. The van der Waals surface area contributed by atoms with Gasteiger partial charge < -0.3 is 10.4 Å². The molecular formula is C33H29N3O6. The summed E-state index contributed by atoms with van der Waals surface area (Å²) >= 11 is 0. The number of nitro groups is 1. The summed E-state index contributed by atoms with van der Waals surface area (Å²) in [5, 5.41) is 25.1. The first-order valence-electron chi connectivity index (χ1n) is 13.4. The van der Waals surface area contributed by atoms with Crippen molar-refractivity contribution in [2.45, 2.75) is 31.3 Å². The lowest BCUT2D eigenvalue weighted by Gasteiger charge is -2.37. The Kier molecular flexibility index (Phi) is 7.58. The van der Waals surface area contributed by atoms with Gasteiger partial charge >= 0.3 is 12.0 Å². The van der Waals surface area contributed by atoms with E-state index in [9.17, 15) is 29.6 Å². The molecule has 9 nitrogen and oxygen atoms in total. The Hall–Kier alpha value is -5.31. The number of carboxylic acid groups (broad SMARTS) is 1. The van der Waals surface area contributed by atoms with Crippen LogP contribution in [0.3, 0.4) is 0 Å². The molecule has 0 radical (unpaired) electrons. The van der Waals surface area contributed by atoms with Crippen LogP contribution in [-0.4, -0.2) is 38.3 Å². The fraction of sp³-hybridized carbons (Fsp3) is 0.182. The van der Waals surface area contributed by atoms with Crippen LogP contribution in [0.25, 0.3) is 0 Å². The fourth-order valence-corrected chi connectivity index (χ4v) is 5.95. The molecule has 4 unspecified atom stereocenters. The Morgan fingerprint density at radius 3 is 1.93 bits per heavy atom. The van der Waals surface area contributed by atoms with Gasteiger partial charge in [0.15, 0.2) is 5.78 Å². The van der Waals surface area contributed by atoms with Crippen molar-refractivity contribution in [1.82, 2.24) is 4.90 Å². The number of anilines is 1. The first-order valence-corrected chi connectivity index (χ1v) is 13.4. The van der Waals surface area contributed by atoms with Gasteiger partial charge in [-0.3, -0.25) is 19.8 Å². The number of non-ortho nitro benzene ring substituents is 1. The van der Waals surface area contributed by atoms with Crippen LogP contribution in [0.1, 0.15) is 45.9 Å². The maximum atomic E-state index is 14.4. The Morgan fingerprint density at radius 1 is 0.833 bits per heavy atom. The molecule has 0 spiro atoms. The van der Waals surface area contributed by atoms with E-state index in [-0.39, 0.29) is 11.5 Å². The zero-order chi connectivity index (χ0) is 30.0. The highest BCUT2D eigenvalue weighted by molar-refractivity contribution is 6.03. The molecule has 2 N–H and O–H groups in total. The van der Waals surface area contributed by atoms with Gasteiger partial charge in [-0.25, -0.2) is 9.59 Å². The molecule has 42 heavy (non-hydrogen) atoms. The van der Waals surface area contributed by atoms with Crippen LogP contribution >= 0.6 is 0 Å². The number of aliphatic carboxylic acids is 1. The molecule has 1 fully saturated rings. The van der Waals surface area contributed by atoms with E-state index in [0.29, 0.717) is 22.4 Å². The molecule has 1 aliphatic rings. The van der Waals surface area contributed by atoms with Crippen LogP contribution < -0.4 is 5.32 Å². The first kappa shape index (κ1) is 28.2. The number of carbonyl (C=O) groups excluding carboxylic acids is 2. The highest BCUT2D eigenvalue weighted by Crippen LogP contribution is 2.56. The summed E-state index contributed by atoms with van der Waals surface area (Å²) in [5.74, 6) is -3.75. The topological polar surface area (TPSA) is 130 Å². The molecule has 2 amide bonds. The third-order valence-electron chi connectivity index (χ3n) is 8.00. The van der Waals surface area contributed by atoms with E-state index in [2.05, 4.69) is 5.32 Å². The van der Waals surface area contributed by atoms with Crippen molar-refractivity contribution < 1.29 is 24.4 Å². The summed E-state index contributed by atoms with van der Waals surface area (Å²) in [6.45, 7) is 3.34. The number of Topliss-reactive ketones (excluding diaryl/α,β-unsaturated/α-hetero) is 1. The number of carboxylic acids is 1. The second-order valence-electron chi connectivity index (χ2n) is 10.6. The van der Waals surface area contributed by atoms with Crippen LogP contribution in [0.5, 0.6) is 0 Å². The summed E-state index contributed by atoms with van der Waals surface area (Å²) in [7, 11) is 0. The number of likely N-dealkylation sites (tertiary alicyclic amines) is 1. The van der Waals surface area contributed by atoms with E-state index in [1.807, 2.05) is 19.1 Å². The zero-order valence-electron chi connectivity index (χ0n) is 23.0. The van der Waals surface area contributed by atoms with Crippen LogP contribution in [0, 0.1) is 23.0 Å². The average molecular weight is 564 g/mol. The molecule has 1 heterocycles. The predicted molar refractivity (Wildman–Crippen MR) is 157 cm³/mol. The van der Waals surface area contributed by atoms with Crippen LogP contribution in [0.4, 0.5) is 16.2 Å². The monoisotopic (exact) mass is 563 g/mol. The number of amides is 2. The molecule has 0 aliphatic carbocycles. The van der Waals surface area contributed by atoms with Gasteiger partial charge in [-0.2, -0.15) is 0 Å². The van der Waals surface area contributed by atoms with Gasteiger partial charge in [0, 0.05) is 29.3 Å². The van der Waals surface area contributed by atoms with Crippen molar-refractivity contribution in [2.75, 3.05) is 5.32 Å². The normalized spacial score (nSPS) is 21.5. The highest BCUT2D eigenvalue weighted by atomic mass is 16.6. The van der Waals surface area contributed by atoms with E-state index < -0.39 is 40.3 Å². The molecule has 0 aromatic heterocycles. The lowest BCUT2D eigenvalue weighted by atomic mass is 9.71. The molecular weight excluding hydrogens is 534 g/mol. The maximum absolute atomic E-state index is 14.4. The summed E-state index contributed by atoms with van der Waals surface area (Å²) in [6, 6.07) is 28.3. The first-order chi connectivity index (χ1) is 20.1. The highest BCUT2D eigenvalue weighted by Gasteiger charge is 2.65. The van der Waals surface area contributed by atoms with Gasteiger partial charge in [0.1, 0.15) is 5.54 Å². The molecule has 9 heteroatoms. The van der Waals surface area contributed by atoms with Crippen molar-refractivity contribution in [1.29, 1.82) is 0 Å². The predicted octanol–water partition coefficient (Wildman–Crippen LogP) is 6.62. The summed E-state index contributed by atoms with van der Waals surface area (Å²) in [4.78, 5) is 54.1. The van der Waals surface area contributed by atoms with Crippen molar-refractivity contribution in [3.63, 3.8) is 0 Å². The number of urea groups is 1. The van der Waals surface area contributed by atoms with Crippen molar-refractivity contribution >= 4 is 29.2 Å². The third-order valence-corrected chi connectivity index (χ3v) is 8.00. The Labute approximate surface area is 242 Å². The number of carbonyl (C=O) groups is 3. The second kappa shape index (κ2) is 11.3. The molecule has 4 atom stereocenters. The number of rotatable bonds is 7. The number of nitro benzene ring substituents is 1. The van der Waals surface area contributed by atoms with Gasteiger partial charge in [0.25, 0.3) is 5.69 Å². The Bertz CT molecular complexity index is 1620. The quantitative estimate of drug-likeness (QED) is 0.148. The standard InChI is InChI=1S/C33H29N3O6/c1-21-13-15-23(16-14-21)29-27(30(37)24-9-5-3-6-10-24)28(22-17-19-26(20-18-22)36(41)42)33(2,31(38)39)35(29)32(40)34-25-11-7-4-8-12-25/h3-20,27-29H,1-2H3,(H,34,40)(H,38,39). The lowest BCUT2D eigenvalue weighted by Crippen LogP contribution is -2.55. The summed E-state index contributed by atoms with van der Waals surface area (Å²) < 4.78 is 0. The van der Waals surface area contributed by atoms with Gasteiger partial charge in [-0.15, -0.1) is 0 Å². The Morgan fingerprint density at radius 2 is 1.38 bits per heavy atom. The van der Waals surface area contributed by atoms with Crippen LogP contribution in [-0.2, 0) is 4.79 Å². The van der Waals surface area contributed by atoms with Crippen LogP contribution in [0.2, 0.25) is 0 Å². The van der Waals surface area contributed by atoms with E-state index in [4.69, 9.17) is 0 Å². The molecule has 1 aliphatic heterocycles. The molecule has 4 aromatic rings. The van der Waals surface area contributed by atoms with Gasteiger partial charge in [0.2, 0.25) is 0 Å². The fourth-order valence-electron chi connectivity index (χ4n) is 5.95. The lowest BCUT2D eigenvalue weighted by molar-refractivity contribution is -0.384. The summed E-state index contributed by atoms with van der Waals surface area (Å²) in [6.07, 6.45) is 0. The van der Waals surface area contributed by atoms with Gasteiger partial charge in [-0.05, 0) is 37.1 Å². The number of hydrogen-bond acceptors (Lipinski definition) is 5. The minimum absolute atomic E-state index is 0.173. The number of hydrogen-bond donors (Lipinski definition) is 2. The van der Waals surface area contributed by atoms with Crippen molar-refractivity contribution in [3.05, 3.63) is 142 Å². The van der Waals surface area contributed by atoms with E-state index >= 15 is 0 Å². The van der Waals surface area contributed by atoms with Crippen LogP contribution in [0.15, 0.2) is 109 Å². The van der Waals surface area contributed by atoms with E-state index in [1.54, 1.807) is 72.8 Å². The number of aryl methyl sites for hydroxylation is 1. The third kappa shape index (κ3) is 5.01. The average Bonchev–Trinajstić information content (AvgIpc) is 3.28. The molecule has 1 saturated heterocycles. The van der Waals surface area contributed by atoms with Gasteiger partial charge in [0.05, 0.1) is 16.9 Å². The minimum Gasteiger partial charge on any atom is -0.479 e. The van der Waals surface area contributed by atoms with Gasteiger partial charge in [-0.1, -0.05) is 90.5 Å². The number of para-hydroxylation sites is 1. The van der Waals surface area contributed by atoms with E-state index in [1.165, 1.54) is 36.1 Å². The molecule has 5 rings (SSSR count). The van der Waals surface area contributed by atoms with Crippen molar-refractivity contribution in [2.24, 2.45) is 5.92 Å². The van der Waals surface area contributed by atoms with Crippen molar-refractivity contribution in [3.8, 4) is 0 Å². The zero-order valence-corrected chi connectivity index (χ0v) is 23.0. The molecule has 0 saturated carbocycles. The molecule has 0 bridgehead atoms. The SMILES string of the molecule is Cc1ccc(C2C(C(=O)c3ccccc3)C(c3ccc([N+](=O)[O-])cc3)C(C)(C(=O)O)N2C(=O)Nc2ccccc2)cc1. The number of nitrogens with zero attached hydrogens (tertiary/aromatic N) is 2. The maximum Gasteiger partial charge on any atom is 0.330 e. The number of benzene rings is 4. The number of nitrogens with one attached hydrogen (secondary N) is 1. The second-order valence-corrected chi connectivity index (χ2v) is 10.6. The minimum atomic E-state index is -1.93. The molecule has 4 aromatic carbocycles. The largest absolute Gasteiger partial charge is 0.479 e. The Balaban J connectivity index is 1.77.